The number of hydrogen-bond donors (Lipinski definition) is 2. The summed E-state index contributed by atoms with van der Waals surface area (Å²) < 4.78 is 5.82. The third-order valence-electron chi connectivity index (χ3n) is 6.12. The molecule has 6 nitrogen and oxygen atoms in total. The van der Waals surface area contributed by atoms with Crippen LogP contribution in [0.15, 0.2) is 0 Å². The van der Waals surface area contributed by atoms with Crippen LogP contribution in [0, 0.1) is 0 Å². The van der Waals surface area contributed by atoms with Crippen LogP contribution >= 0.6 is 0 Å². The highest BCUT2D eigenvalue weighted by Gasteiger charge is 2.14. The number of carboxylic acids is 2. The topological polar surface area (TPSA) is 101 Å². The first-order chi connectivity index (χ1) is 16.0. The molecule has 0 aromatic heterocycles. The van der Waals surface area contributed by atoms with Crippen LogP contribution in [0.2, 0.25) is 0 Å². The van der Waals surface area contributed by atoms with Crippen molar-refractivity contribution in [2.45, 2.75) is 154 Å². The molecule has 0 radical (unpaired) electrons. The van der Waals surface area contributed by atoms with Crippen LogP contribution in [0.4, 0.5) is 0 Å². The first-order valence-electron chi connectivity index (χ1n) is 13.6. The van der Waals surface area contributed by atoms with E-state index in [4.69, 9.17) is 14.9 Å². The lowest BCUT2D eigenvalue weighted by Crippen LogP contribution is -2.18. The Balaban J connectivity index is 3.92. The maximum atomic E-state index is 12.3. The zero-order chi connectivity index (χ0) is 24.6. The van der Waals surface area contributed by atoms with Gasteiger partial charge in [0, 0.05) is 19.3 Å². The molecule has 0 saturated carbocycles. The first-order valence-corrected chi connectivity index (χ1v) is 13.6. The number of carbonyl (C=O) groups excluding carboxylic acids is 1. The highest BCUT2D eigenvalue weighted by Crippen LogP contribution is 2.18. The van der Waals surface area contributed by atoms with E-state index in [-0.39, 0.29) is 24.9 Å². The summed E-state index contributed by atoms with van der Waals surface area (Å²) in [5.41, 5.74) is 0. The average Bonchev–Trinajstić information content (AvgIpc) is 2.76. The number of carboxylic acid groups (broad SMARTS) is 2. The van der Waals surface area contributed by atoms with Gasteiger partial charge in [0.25, 0.3) is 0 Å². The number of ether oxygens (including phenoxy) is 1. The highest BCUT2D eigenvalue weighted by atomic mass is 16.5. The van der Waals surface area contributed by atoms with Gasteiger partial charge >= 0.3 is 17.9 Å². The van der Waals surface area contributed by atoms with E-state index in [1.54, 1.807) is 0 Å². The van der Waals surface area contributed by atoms with Gasteiger partial charge in [0.05, 0.1) is 0 Å². The van der Waals surface area contributed by atoms with Crippen molar-refractivity contribution in [1.29, 1.82) is 0 Å². The van der Waals surface area contributed by atoms with Gasteiger partial charge in [-0.05, 0) is 44.9 Å². The second-order valence-electron chi connectivity index (χ2n) is 9.38. The zero-order valence-corrected chi connectivity index (χ0v) is 21.2. The summed E-state index contributed by atoms with van der Waals surface area (Å²) in [6.07, 6.45) is 20.8. The Morgan fingerprint density at radius 1 is 0.545 bits per heavy atom. The third kappa shape index (κ3) is 24.9. The number of aliphatic carboxylic acids is 2. The molecule has 0 fully saturated rings. The van der Waals surface area contributed by atoms with Crippen molar-refractivity contribution in [3.63, 3.8) is 0 Å². The summed E-state index contributed by atoms with van der Waals surface area (Å²) in [6, 6.07) is 0. The summed E-state index contributed by atoms with van der Waals surface area (Å²) in [6.45, 7) is 2.20. The Morgan fingerprint density at radius 2 is 0.909 bits per heavy atom. The molecule has 33 heavy (non-hydrogen) atoms. The van der Waals surface area contributed by atoms with Gasteiger partial charge < -0.3 is 14.9 Å². The minimum absolute atomic E-state index is 0.0425. The number of rotatable bonds is 25. The summed E-state index contributed by atoms with van der Waals surface area (Å²) in [4.78, 5) is 33.3. The fraction of sp³-hybridized carbons (Fsp3) is 0.889. The van der Waals surface area contributed by atoms with Crippen LogP contribution in [-0.4, -0.2) is 34.2 Å². The predicted molar refractivity (Wildman–Crippen MR) is 132 cm³/mol. The average molecular weight is 471 g/mol. The van der Waals surface area contributed by atoms with Gasteiger partial charge in [0.1, 0.15) is 6.10 Å². The van der Waals surface area contributed by atoms with Crippen molar-refractivity contribution < 1.29 is 29.3 Å². The first kappa shape index (κ1) is 31.4. The second-order valence-corrected chi connectivity index (χ2v) is 9.38. The van der Waals surface area contributed by atoms with Crippen LogP contribution in [0.1, 0.15) is 148 Å². The van der Waals surface area contributed by atoms with E-state index in [0.29, 0.717) is 12.8 Å². The van der Waals surface area contributed by atoms with Gasteiger partial charge in [-0.15, -0.1) is 0 Å². The molecule has 194 valence electrons. The molecule has 0 heterocycles. The summed E-state index contributed by atoms with van der Waals surface area (Å²) in [5.74, 6) is -1.52. The van der Waals surface area contributed by atoms with E-state index in [2.05, 4.69) is 6.92 Å². The van der Waals surface area contributed by atoms with Crippen molar-refractivity contribution in [2.24, 2.45) is 0 Å². The number of hydrogen-bond acceptors (Lipinski definition) is 4. The lowest BCUT2D eigenvalue weighted by Gasteiger charge is -2.18. The lowest BCUT2D eigenvalue weighted by molar-refractivity contribution is -0.150. The number of carbonyl (C=O) groups is 3. The molecule has 0 aliphatic rings. The smallest absolute Gasteiger partial charge is 0.306 e. The molecule has 0 saturated heterocycles. The molecule has 0 aliphatic carbocycles. The van der Waals surface area contributed by atoms with Crippen LogP contribution in [0.25, 0.3) is 0 Å². The van der Waals surface area contributed by atoms with Gasteiger partial charge in [-0.2, -0.15) is 0 Å². The van der Waals surface area contributed by atoms with Crippen LogP contribution < -0.4 is 0 Å². The van der Waals surface area contributed by atoms with Gasteiger partial charge in [-0.1, -0.05) is 84.0 Å². The Morgan fingerprint density at radius 3 is 1.33 bits per heavy atom. The fourth-order valence-electron chi connectivity index (χ4n) is 4.09. The molecule has 2 N–H and O–H groups in total. The minimum atomic E-state index is -0.739. The molecule has 0 spiro atoms. The van der Waals surface area contributed by atoms with Gasteiger partial charge in [0.15, 0.2) is 0 Å². The monoisotopic (exact) mass is 470 g/mol. The molecule has 0 rings (SSSR count). The van der Waals surface area contributed by atoms with E-state index in [1.807, 2.05) is 0 Å². The third-order valence-corrected chi connectivity index (χ3v) is 6.12. The van der Waals surface area contributed by atoms with Crippen molar-refractivity contribution in [3.05, 3.63) is 0 Å². The Hall–Kier alpha value is -1.59. The van der Waals surface area contributed by atoms with Crippen molar-refractivity contribution >= 4 is 17.9 Å². The number of esters is 1. The van der Waals surface area contributed by atoms with E-state index in [1.165, 1.54) is 38.5 Å². The quantitative estimate of drug-likeness (QED) is 0.105. The van der Waals surface area contributed by atoms with Crippen LogP contribution in [0.3, 0.4) is 0 Å². The van der Waals surface area contributed by atoms with E-state index >= 15 is 0 Å². The molecule has 0 bridgehead atoms. The summed E-state index contributed by atoms with van der Waals surface area (Å²) in [7, 11) is 0. The molecule has 0 aromatic rings. The van der Waals surface area contributed by atoms with Crippen molar-refractivity contribution in [3.8, 4) is 0 Å². The predicted octanol–water partition coefficient (Wildman–Crippen LogP) is 7.67. The molecular weight excluding hydrogens is 420 g/mol. The summed E-state index contributed by atoms with van der Waals surface area (Å²) >= 11 is 0. The normalized spacial score (nSPS) is 11.9. The minimum Gasteiger partial charge on any atom is -0.481 e. The largest absolute Gasteiger partial charge is 0.481 e. The molecular formula is C27H50O6. The highest BCUT2D eigenvalue weighted by molar-refractivity contribution is 5.69. The molecule has 1 atom stereocenters. The fourth-order valence-corrected chi connectivity index (χ4v) is 4.09. The molecule has 0 aromatic carbocycles. The van der Waals surface area contributed by atoms with Gasteiger partial charge in [-0.25, -0.2) is 0 Å². The standard InChI is InChI=1S/C27H50O6/c1-2-3-4-14-19-24(20-15-10-7-5-6-8-11-16-21-25(28)29)33-27(32)23-18-13-9-12-17-22-26(30)31/h24H,2-23H2,1H3,(H,28,29)(H,30,31). The number of unbranched alkanes of at least 4 members (excludes halogenated alkanes) is 14. The molecule has 1 unspecified atom stereocenters. The summed E-state index contributed by atoms with van der Waals surface area (Å²) in [5, 5.41) is 17.3. The van der Waals surface area contributed by atoms with E-state index in [0.717, 1.165) is 77.0 Å². The SMILES string of the molecule is CCCCCCC(CCCCCCCCCCC(=O)O)OC(=O)CCCCCCCC(=O)O. The van der Waals surface area contributed by atoms with Gasteiger partial charge in [-0.3, -0.25) is 14.4 Å². The van der Waals surface area contributed by atoms with Crippen molar-refractivity contribution in [1.82, 2.24) is 0 Å². The Labute approximate surface area is 201 Å². The zero-order valence-electron chi connectivity index (χ0n) is 21.2. The van der Waals surface area contributed by atoms with Crippen LogP contribution in [0.5, 0.6) is 0 Å². The molecule has 6 heteroatoms. The Bertz CT molecular complexity index is 491. The maximum Gasteiger partial charge on any atom is 0.306 e. The Kier molecular flexibility index (Phi) is 22.4. The van der Waals surface area contributed by atoms with Crippen LogP contribution in [-0.2, 0) is 19.1 Å². The van der Waals surface area contributed by atoms with Gasteiger partial charge in [0.2, 0.25) is 0 Å². The lowest BCUT2D eigenvalue weighted by atomic mass is 10.0. The second kappa shape index (κ2) is 23.6. The van der Waals surface area contributed by atoms with E-state index in [9.17, 15) is 14.4 Å². The maximum absolute atomic E-state index is 12.3. The van der Waals surface area contributed by atoms with Crippen molar-refractivity contribution in [2.75, 3.05) is 0 Å². The molecule has 0 aliphatic heterocycles. The molecule has 0 amide bonds. The van der Waals surface area contributed by atoms with E-state index < -0.39 is 11.9 Å².